The molecule has 0 saturated carbocycles. The molecule has 1 saturated heterocycles. The van der Waals surface area contributed by atoms with Crippen LogP contribution in [-0.2, 0) is 14.2 Å². The lowest BCUT2D eigenvalue weighted by atomic mass is 10.1. The lowest BCUT2D eigenvalue weighted by molar-refractivity contribution is 0.0365. The van der Waals surface area contributed by atoms with Crippen molar-refractivity contribution in [2.45, 2.75) is 51.5 Å². The average molecular weight is 326 g/mol. The molecule has 1 N–H and O–H groups in total. The third-order valence-corrected chi connectivity index (χ3v) is 3.61. The number of hydrogen-bond acceptors (Lipinski definition) is 6. The molecular formula is C15H26N4O4. The van der Waals surface area contributed by atoms with Crippen LogP contribution in [0.1, 0.15) is 44.2 Å². The third kappa shape index (κ3) is 4.73. The van der Waals surface area contributed by atoms with Crippen molar-refractivity contribution in [3.05, 3.63) is 11.9 Å². The van der Waals surface area contributed by atoms with E-state index in [1.807, 2.05) is 27.7 Å². The van der Waals surface area contributed by atoms with Crippen molar-refractivity contribution in [2.75, 3.05) is 26.9 Å². The van der Waals surface area contributed by atoms with E-state index in [1.165, 1.54) is 0 Å². The summed E-state index contributed by atoms with van der Waals surface area (Å²) in [6, 6.07) is -0.0636. The van der Waals surface area contributed by atoms with Crippen LogP contribution in [0.3, 0.4) is 0 Å². The summed E-state index contributed by atoms with van der Waals surface area (Å²) in [5.41, 5.74) is -0.221. The van der Waals surface area contributed by atoms with Gasteiger partial charge in [0.1, 0.15) is 12.1 Å². The smallest absolute Gasteiger partial charge is 0.273 e. The van der Waals surface area contributed by atoms with Crippen LogP contribution in [0.25, 0.3) is 0 Å². The highest BCUT2D eigenvalue weighted by Gasteiger charge is 2.31. The fourth-order valence-electron chi connectivity index (χ4n) is 2.32. The first-order valence-electron chi connectivity index (χ1n) is 7.79. The Hall–Kier alpha value is -1.51. The van der Waals surface area contributed by atoms with Gasteiger partial charge in [-0.15, -0.1) is 5.10 Å². The molecule has 0 radical (unpaired) electrons. The van der Waals surface area contributed by atoms with E-state index in [2.05, 4.69) is 15.6 Å². The highest BCUT2D eigenvalue weighted by Crippen LogP contribution is 2.21. The first-order chi connectivity index (χ1) is 10.8. The highest BCUT2D eigenvalue weighted by atomic mass is 16.5. The molecule has 8 nitrogen and oxygen atoms in total. The monoisotopic (exact) mass is 326 g/mol. The molecule has 130 valence electrons. The Morgan fingerprint density at radius 3 is 2.91 bits per heavy atom. The minimum atomic E-state index is -0.489. The van der Waals surface area contributed by atoms with E-state index in [1.54, 1.807) is 18.0 Å². The van der Waals surface area contributed by atoms with E-state index in [0.717, 1.165) is 0 Å². The molecule has 1 fully saturated rings. The fraction of sp³-hybridized carbons (Fsp3) is 0.800. The maximum Gasteiger partial charge on any atom is 0.273 e. The number of nitrogens with zero attached hydrogens (tertiary/aromatic N) is 3. The Kier molecular flexibility index (Phi) is 5.72. The van der Waals surface area contributed by atoms with Crippen LogP contribution in [0.4, 0.5) is 0 Å². The Labute approximate surface area is 136 Å². The van der Waals surface area contributed by atoms with Gasteiger partial charge in [0.15, 0.2) is 5.69 Å². The number of methoxy groups -OCH3 is 1. The number of rotatable bonds is 7. The summed E-state index contributed by atoms with van der Waals surface area (Å²) in [6.07, 6.45) is 1.66. The quantitative estimate of drug-likeness (QED) is 0.797. The summed E-state index contributed by atoms with van der Waals surface area (Å²) in [4.78, 5) is 12.3. The van der Waals surface area contributed by atoms with E-state index < -0.39 is 5.54 Å². The number of ether oxygens (including phenoxy) is 3. The molecule has 2 atom stereocenters. The Morgan fingerprint density at radius 2 is 2.26 bits per heavy atom. The van der Waals surface area contributed by atoms with Gasteiger partial charge in [-0.05, 0) is 27.7 Å². The summed E-state index contributed by atoms with van der Waals surface area (Å²) in [7, 11) is 1.63. The summed E-state index contributed by atoms with van der Waals surface area (Å²) >= 11 is 0. The fourth-order valence-corrected chi connectivity index (χ4v) is 2.32. The maximum absolute atomic E-state index is 12.3. The molecule has 1 aromatic rings. The number of nitrogens with one attached hydrogen (secondary N) is 1. The van der Waals surface area contributed by atoms with Crippen LogP contribution in [0.5, 0.6) is 0 Å². The highest BCUT2D eigenvalue weighted by molar-refractivity contribution is 5.92. The van der Waals surface area contributed by atoms with Crippen LogP contribution in [0.2, 0.25) is 0 Å². The lowest BCUT2D eigenvalue weighted by Gasteiger charge is -2.26. The van der Waals surface area contributed by atoms with Crippen LogP contribution in [0.15, 0.2) is 6.20 Å². The van der Waals surface area contributed by atoms with E-state index in [-0.39, 0.29) is 29.9 Å². The molecule has 0 spiro atoms. The molecule has 0 unspecified atom stereocenters. The summed E-state index contributed by atoms with van der Waals surface area (Å²) in [5.74, 6) is -0.276. The molecule has 1 aliphatic rings. The second-order valence-electron chi connectivity index (χ2n) is 6.66. The topological polar surface area (TPSA) is 87.5 Å². The molecule has 0 bridgehead atoms. The minimum absolute atomic E-state index is 0.0636. The number of aromatic nitrogens is 3. The zero-order valence-corrected chi connectivity index (χ0v) is 14.4. The molecular weight excluding hydrogens is 300 g/mol. The van der Waals surface area contributed by atoms with E-state index in [4.69, 9.17) is 14.2 Å². The molecule has 23 heavy (non-hydrogen) atoms. The predicted octanol–water partition coefficient (Wildman–Crippen LogP) is 0.798. The van der Waals surface area contributed by atoms with Crippen molar-refractivity contribution >= 4 is 5.91 Å². The second kappa shape index (κ2) is 7.37. The predicted molar refractivity (Wildman–Crippen MR) is 83.3 cm³/mol. The van der Waals surface area contributed by atoms with Crippen LogP contribution >= 0.6 is 0 Å². The molecule has 0 aromatic carbocycles. The second-order valence-corrected chi connectivity index (χ2v) is 6.66. The number of amides is 1. The largest absolute Gasteiger partial charge is 0.377 e. The lowest BCUT2D eigenvalue weighted by Crippen LogP contribution is -2.47. The van der Waals surface area contributed by atoms with E-state index >= 15 is 0 Å². The van der Waals surface area contributed by atoms with Gasteiger partial charge < -0.3 is 19.5 Å². The van der Waals surface area contributed by atoms with Gasteiger partial charge in [-0.25, -0.2) is 4.68 Å². The van der Waals surface area contributed by atoms with Crippen molar-refractivity contribution in [1.82, 2.24) is 20.3 Å². The van der Waals surface area contributed by atoms with E-state index in [0.29, 0.717) is 19.8 Å². The van der Waals surface area contributed by atoms with Crippen molar-refractivity contribution in [1.29, 1.82) is 0 Å². The van der Waals surface area contributed by atoms with Gasteiger partial charge in [0.25, 0.3) is 5.91 Å². The molecule has 1 aromatic heterocycles. The summed E-state index contributed by atoms with van der Waals surface area (Å²) in [6.45, 7) is 9.16. The Morgan fingerprint density at radius 1 is 1.52 bits per heavy atom. The SMILES string of the molecule is CO[C@@H]1COC[C@H]1n1cc(C(=O)NC(C)(C)COC(C)C)nn1. The first-order valence-corrected chi connectivity index (χ1v) is 7.79. The molecule has 1 aliphatic heterocycles. The van der Waals surface area contributed by atoms with Gasteiger partial charge in [-0.3, -0.25) is 4.79 Å². The standard InChI is InChI=1S/C15H26N4O4/c1-10(2)23-9-15(3,4)16-14(20)11-6-19(18-17-11)12-7-22-8-13(12)21-5/h6,10,12-13H,7-9H2,1-5H3,(H,16,20)/t12-,13-/m1/s1. The van der Waals surface area contributed by atoms with Crippen molar-refractivity contribution in [2.24, 2.45) is 0 Å². The zero-order chi connectivity index (χ0) is 17.0. The third-order valence-electron chi connectivity index (χ3n) is 3.61. The molecule has 1 amide bonds. The van der Waals surface area contributed by atoms with Gasteiger partial charge in [-0.2, -0.15) is 0 Å². The van der Waals surface area contributed by atoms with Crippen molar-refractivity contribution < 1.29 is 19.0 Å². The first kappa shape index (κ1) is 17.8. The number of hydrogen-bond donors (Lipinski definition) is 1. The van der Waals surface area contributed by atoms with E-state index in [9.17, 15) is 4.79 Å². The Bertz CT molecular complexity index is 529. The maximum atomic E-state index is 12.3. The average Bonchev–Trinajstić information content (AvgIpc) is 3.12. The van der Waals surface area contributed by atoms with Crippen LogP contribution in [0, 0.1) is 0 Å². The van der Waals surface area contributed by atoms with Gasteiger partial charge in [0.05, 0.1) is 37.7 Å². The van der Waals surface area contributed by atoms with Crippen molar-refractivity contribution in [3.8, 4) is 0 Å². The van der Waals surface area contributed by atoms with Crippen LogP contribution in [-0.4, -0.2) is 65.6 Å². The number of carbonyl (C=O) groups excluding carboxylic acids is 1. The molecule has 2 heterocycles. The summed E-state index contributed by atoms with van der Waals surface area (Å²) in [5, 5.41) is 10.9. The van der Waals surface area contributed by atoms with Gasteiger partial charge in [0, 0.05) is 7.11 Å². The van der Waals surface area contributed by atoms with Gasteiger partial charge in [0.2, 0.25) is 0 Å². The van der Waals surface area contributed by atoms with Crippen molar-refractivity contribution in [3.63, 3.8) is 0 Å². The Balaban J connectivity index is 1.98. The zero-order valence-electron chi connectivity index (χ0n) is 14.4. The molecule has 0 aliphatic carbocycles. The van der Waals surface area contributed by atoms with Gasteiger partial charge in [-0.1, -0.05) is 5.21 Å². The normalized spacial score (nSPS) is 21.8. The molecule has 2 rings (SSSR count). The van der Waals surface area contributed by atoms with Gasteiger partial charge >= 0.3 is 0 Å². The van der Waals surface area contributed by atoms with Crippen LogP contribution < -0.4 is 5.32 Å². The molecule has 8 heteroatoms. The summed E-state index contributed by atoms with van der Waals surface area (Å²) < 4.78 is 17.9. The minimum Gasteiger partial charge on any atom is -0.377 e. The number of carbonyl (C=O) groups is 1.